The van der Waals surface area contributed by atoms with E-state index < -0.39 is 0 Å². The molecule has 0 aliphatic heterocycles. The molecule has 1 atom stereocenters. The Hall–Kier alpha value is -2.69. The lowest BCUT2D eigenvalue weighted by molar-refractivity contribution is 0.0939. The van der Waals surface area contributed by atoms with E-state index in [0.29, 0.717) is 5.56 Å². The highest BCUT2D eigenvalue weighted by atomic mass is 16.2. The number of carbonyl (C=O) groups is 2. The Morgan fingerprint density at radius 3 is 2.54 bits per heavy atom. The van der Waals surface area contributed by atoms with E-state index in [1.54, 1.807) is 6.07 Å². The molecule has 0 aliphatic rings. The molecule has 0 spiro atoms. The van der Waals surface area contributed by atoms with Gasteiger partial charge in [0, 0.05) is 23.5 Å². The molecule has 0 bridgehead atoms. The Labute approximate surface area is 142 Å². The van der Waals surface area contributed by atoms with Crippen LogP contribution in [0.4, 0.5) is 5.69 Å². The summed E-state index contributed by atoms with van der Waals surface area (Å²) in [7, 11) is 0. The molecule has 1 aromatic heterocycles. The number of aromatic nitrogens is 1. The second kappa shape index (κ2) is 7.73. The molecule has 5 nitrogen and oxygen atoms in total. The molecule has 0 saturated carbocycles. The van der Waals surface area contributed by atoms with Gasteiger partial charge in [-0.2, -0.15) is 0 Å². The minimum absolute atomic E-state index is 0.0816. The van der Waals surface area contributed by atoms with Crippen LogP contribution in [0.2, 0.25) is 0 Å². The summed E-state index contributed by atoms with van der Waals surface area (Å²) in [5.74, 6) is -0.535. The maximum absolute atomic E-state index is 12.4. The molecule has 2 rings (SSSR count). The number of pyridine rings is 1. The summed E-state index contributed by atoms with van der Waals surface area (Å²) in [5.41, 5.74) is 3.49. The van der Waals surface area contributed by atoms with Gasteiger partial charge in [0.2, 0.25) is 0 Å². The van der Waals surface area contributed by atoms with E-state index >= 15 is 0 Å². The minimum Gasteiger partial charge on any atom is -0.350 e. The zero-order chi connectivity index (χ0) is 17.7. The van der Waals surface area contributed by atoms with Crippen LogP contribution in [0.3, 0.4) is 0 Å². The van der Waals surface area contributed by atoms with E-state index in [4.69, 9.17) is 0 Å². The largest absolute Gasteiger partial charge is 0.350 e. The molecule has 0 aliphatic carbocycles. The summed E-state index contributed by atoms with van der Waals surface area (Å²) in [5, 5.41) is 5.72. The fourth-order valence-corrected chi connectivity index (χ4v) is 2.25. The maximum Gasteiger partial charge on any atom is 0.274 e. The van der Waals surface area contributed by atoms with Crippen molar-refractivity contribution in [3.63, 3.8) is 0 Å². The molecular weight excluding hydrogens is 302 g/mol. The van der Waals surface area contributed by atoms with Gasteiger partial charge in [0.15, 0.2) is 0 Å². The lowest BCUT2D eigenvalue weighted by Crippen LogP contribution is -2.32. The van der Waals surface area contributed by atoms with Crippen LogP contribution in [-0.2, 0) is 0 Å². The third kappa shape index (κ3) is 4.41. The summed E-state index contributed by atoms with van der Waals surface area (Å²) in [4.78, 5) is 28.6. The molecule has 2 N–H and O–H groups in total. The first-order chi connectivity index (χ1) is 11.4. The Bertz CT molecular complexity index is 756. The van der Waals surface area contributed by atoms with Crippen molar-refractivity contribution in [3.8, 4) is 0 Å². The van der Waals surface area contributed by atoms with Crippen molar-refractivity contribution in [1.82, 2.24) is 10.3 Å². The number of amides is 2. The zero-order valence-electron chi connectivity index (χ0n) is 14.5. The molecule has 2 aromatic rings. The number of hydrogen-bond acceptors (Lipinski definition) is 3. The van der Waals surface area contributed by atoms with Gasteiger partial charge in [0.25, 0.3) is 11.8 Å². The van der Waals surface area contributed by atoms with E-state index in [1.165, 1.54) is 12.3 Å². The Morgan fingerprint density at radius 2 is 1.88 bits per heavy atom. The van der Waals surface area contributed by atoms with Crippen LogP contribution in [0.25, 0.3) is 0 Å². The van der Waals surface area contributed by atoms with Crippen molar-refractivity contribution >= 4 is 17.5 Å². The Kier molecular flexibility index (Phi) is 5.68. The van der Waals surface area contributed by atoms with Crippen molar-refractivity contribution in [1.29, 1.82) is 0 Å². The third-order valence-corrected chi connectivity index (χ3v) is 3.87. The smallest absolute Gasteiger partial charge is 0.274 e. The summed E-state index contributed by atoms with van der Waals surface area (Å²) < 4.78 is 0. The lowest BCUT2D eigenvalue weighted by atomic mass is 10.1. The standard InChI is InChI=1S/C19H23N3O2/c1-5-14(4)21-18(23)15-8-9-20-17(11-15)19(24)22-16-7-6-12(2)10-13(16)3/h6-11,14H,5H2,1-4H3,(H,21,23)(H,22,24). The van der Waals surface area contributed by atoms with Crippen LogP contribution >= 0.6 is 0 Å². The number of hydrogen-bond donors (Lipinski definition) is 2. The summed E-state index contributed by atoms with van der Waals surface area (Å²) in [6.45, 7) is 7.87. The number of nitrogens with zero attached hydrogens (tertiary/aromatic N) is 1. The van der Waals surface area contributed by atoms with Crippen LogP contribution in [0.15, 0.2) is 36.5 Å². The second-order valence-corrected chi connectivity index (χ2v) is 5.99. The van der Waals surface area contributed by atoms with Gasteiger partial charge in [-0.15, -0.1) is 0 Å². The fourth-order valence-electron chi connectivity index (χ4n) is 2.25. The Balaban J connectivity index is 2.15. The second-order valence-electron chi connectivity index (χ2n) is 5.99. The molecule has 5 heteroatoms. The molecule has 0 radical (unpaired) electrons. The van der Waals surface area contributed by atoms with Gasteiger partial charge >= 0.3 is 0 Å². The van der Waals surface area contributed by atoms with Crippen molar-refractivity contribution in [2.24, 2.45) is 0 Å². The maximum atomic E-state index is 12.4. The van der Waals surface area contributed by atoms with E-state index in [2.05, 4.69) is 15.6 Å². The normalized spacial score (nSPS) is 11.7. The molecule has 0 saturated heterocycles. The van der Waals surface area contributed by atoms with Crippen molar-refractivity contribution in [3.05, 3.63) is 58.9 Å². The van der Waals surface area contributed by atoms with Crippen molar-refractivity contribution < 1.29 is 9.59 Å². The van der Waals surface area contributed by atoms with Gasteiger partial charge in [0.05, 0.1) is 0 Å². The van der Waals surface area contributed by atoms with Crippen LogP contribution in [0.1, 0.15) is 52.2 Å². The van der Waals surface area contributed by atoms with Crippen LogP contribution in [0.5, 0.6) is 0 Å². The highest BCUT2D eigenvalue weighted by molar-refractivity contribution is 6.05. The predicted molar refractivity (Wildman–Crippen MR) is 95.3 cm³/mol. The minimum atomic E-state index is -0.333. The molecule has 1 heterocycles. The SMILES string of the molecule is CCC(C)NC(=O)c1ccnc(C(=O)Nc2ccc(C)cc2C)c1. The number of aryl methyl sites for hydroxylation is 2. The first-order valence-electron chi connectivity index (χ1n) is 8.06. The van der Waals surface area contributed by atoms with Crippen LogP contribution in [0, 0.1) is 13.8 Å². The topological polar surface area (TPSA) is 71.1 Å². The fraction of sp³-hybridized carbons (Fsp3) is 0.316. The summed E-state index contributed by atoms with van der Waals surface area (Å²) in [6.07, 6.45) is 2.32. The highest BCUT2D eigenvalue weighted by Gasteiger charge is 2.14. The van der Waals surface area contributed by atoms with Crippen molar-refractivity contribution in [2.45, 2.75) is 40.2 Å². The van der Waals surface area contributed by atoms with Crippen LogP contribution in [-0.4, -0.2) is 22.8 Å². The number of nitrogens with one attached hydrogen (secondary N) is 2. The van der Waals surface area contributed by atoms with Gasteiger partial charge in [-0.3, -0.25) is 14.6 Å². The first kappa shape index (κ1) is 17.7. The number of anilines is 1. The van der Waals surface area contributed by atoms with Gasteiger partial charge in [-0.1, -0.05) is 24.6 Å². The first-order valence-corrected chi connectivity index (χ1v) is 8.06. The van der Waals surface area contributed by atoms with Crippen molar-refractivity contribution in [2.75, 3.05) is 5.32 Å². The van der Waals surface area contributed by atoms with E-state index in [1.807, 2.05) is 45.9 Å². The summed E-state index contributed by atoms with van der Waals surface area (Å²) in [6, 6.07) is 8.99. The number of benzene rings is 1. The molecule has 1 unspecified atom stereocenters. The predicted octanol–water partition coefficient (Wildman–Crippen LogP) is 3.48. The van der Waals surface area contributed by atoms with E-state index in [9.17, 15) is 9.59 Å². The lowest BCUT2D eigenvalue weighted by Gasteiger charge is -2.12. The summed E-state index contributed by atoms with van der Waals surface area (Å²) >= 11 is 0. The molecule has 1 aromatic carbocycles. The molecule has 126 valence electrons. The average Bonchev–Trinajstić information content (AvgIpc) is 2.57. The Morgan fingerprint density at radius 1 is 1.12 bits per heavy atom. The zero-order valence-corrected chi connectivity index (χ0v) is 14.5. The monoisotopic (exact) mass is 325 g/mol. The third-order valence-electron chi connectivity index (χ3n) is 3.87. The molecule has 24 heavy (non-hydrogen) atoms. The molecular formula is C19H23N3O2. The average molecular weight is 325 g/mol. The van der Waals surface area contributed by atoms with Gasteiger partial charge in [-0.25, -0.2) is 0 Å². The van der Waals surface area contributed by atoms with Gasteiger partial charge < -0.3 is 10.6 Å². The van der Waals surface area contributed by atoms with Crippen LogP contribution < -0.4 is 10.6 Å². The molecule has 0 fully saturated rings. The quantitative estimate of drug-likeness (QED) is 0.884. The van der Waals surface area contributed by atoms with Gasteiger partial charge in [0.1, 0.15) is 5.69 Å². The highest BCUT2D eigenvalue weighted by Crippen LogP contribution is 2.17. The number of carbonyl (C=O) groups excluding carboxylic acids is 2. The van der Waals surface area contributed by atoms with E-state index in [0.717, 1.165) is 23.2 Å². The molecule has 2 amide bonds. The van der Waals surface area contributed by atoms with E-state index in [-0.39, 0.29) is 23.6 Å². The number of rotatable bonds is 5. The van der Waals surface area contributed by atoms with Gasteiger partial charge in [-0.05, 0) is 51.0 Å².